The van der Waals surface area contributed by atoms with Gasteiger partial charge in [0.05, 0.1) is 13.0 Å². The Balaban J connectivity index is 2.04. The number of allylic oxidation sites excluding steroid dienone is 1. The molecule has 21 heavy (non-hydrogen) atoms. The number of aromatic nitrogens is 1. The van der Waals surface area contributed by atoms with Gasteiger partial charge in [0.15, 0.2) is 0 Å². The third-order valence-corrected chi connectivity index (χ3v) is 4.22. The van der Waals surface area contributed by atoms with E-state index in [0.29, 0.717) is 0 Å². The van der Waals surface area contributed by atoms with E-state index in [0.717, 1.165) is 36.1 Å². The van der Waals surface area contributed by atoms with Crippen molar-refractivity contribution in [1.82, 2.24) is 4.57 Å². The highest BCUT2D eigenvalue weighted by Crippen LogP contribution is 2.37. The summed E-state index contributed by atoms with van der Waals surface area (Å²) < 4.78 is 7.36. The Kier molecular flexibility index (Phi) is 3.65. The second kappa shape index (κ2) is 5.60. The van der Waals surface area contributed by atoms with Crippen LogP contribution < -0.4 is 4.74 Å². The SMILES string of the molecule is COc1ccc2c(c1)C(C=O)C(=Cc1cccn1C)CC2. The summed E-state index contributed by atoms with van der Waals surface area (Å²) in [5.41, 5.74) is 4.63. The van der Waals surface area contributed by atoms with Gasteiger partial charge < -0.3 is 14.1 Å². The highest BCUT2D eigenvalue weighted by atomic mass is 16.5. The van der Waals surface area contributed by atoms with Gasteiger partial charge in [0.1, 0.15) is 12.0 Å². The summed E-state index contributed by atoms with van der Waals surface area (Å²) >= 11 is 0. The average Bonchev–Trinajstić information content (AvgIpc) is 2.91. The summed E-state index contributed by atoms with van der Waals surface area (Å²) in [5, 5.41) is 0. The number of carbonyl (C=O) groups is 1. The van der Waals surface area contributed by atoms with Gasteiger partial charge in [-0.25, -0.2) is 0 Å². The van der Waals surface area contributed by atoms with Crippen molar-refractivity contribution in [2.24, 2.45) is 7.05 Å². The zero-order valence-corrected chi connectivity index (χ0v) is 12.4. The summed E-state index contributed by atoms with van der Waals surface area (Å²) in [5.74, 6) is 0.638. The number of rotatable bonds is 3. The number of aryl methyl sites for hydroxylation is 2. The van der Waals surface area contributed by atoms with Crippen molar-refractivity contribution in [2.45, 2.75) is 18.8 Å². The first kappa shape index (κ1) is 13.7. The highest BCUT2D eigenvalue weighted by Gasteiger charge is 2.24. The normalized spacial score (nSPS) is 19.3. The molecule has 3 heteroatoms. The Bertz CT molecular complexity index is 697. The molecule has 0 N–H and O–H groups in total. The van der Waals surface area contributed by atoms with Gasteiger partial charge in [0.2, 0.25) is 0 Å². The Morgan fingerprint density at radius 2 is 2.14 bits per heavy atom. The highest BCUT2D eigenvalue weighted by molar-refractivity contribution is 5.74. The maximum absolute atomic E-state index is 11.7. The molecule has 1 unspecified atom stereocenters. The number of benzene rings is 1. The van der Waals surface area contributed by atoms with Crippen molar-refractivity contribution < 1.29 is 9.53 Å². The van der Waals surface area contributed by atoms with Gasteiger partial charge in [-0.05, 0) is 54.3 Å². The molecule has 1 aromatic carbocycles. The van der Waals surface area contributed by atoms with Gasteiger partial charge >= 0.3 is 0 Å². The fourth-order valence-corrected chi connectivity index (χ4v) is 2.99. The van der Waals surface area contributed by atoms with E-state index in [1.165, 1.54) is 11.1 Å². The Labute approximate surface area is 124 Å². The zero-order valence-electron chi connectivity index (χ0n) is 12.4. The van der Waals surface area contributed by atoms with Crippen molar-refractivity contribution in [2.75, 3.05) is 7.11 Å². The van der Waals surface area contributed by atoms with E-state index >= 15 is 0 Å². The van der Waals surface area contributed by atoms with E-state index in [9.17, 15) is 4.79 Å². The number of ether oxygens (including phenoxy) is 1. The van der Waals surface area contributed by atoms with Crippen molar-refractivity contribution in [3.8, 4) is 5.75 Å². The molecule has 0 radical (unpaired) electrons. The summed E-state index contributed by atoms with van der Waals surface area (Å²) in [6.07, 6.45) is 7.10. The van der Waals surface area contributed by atoms with Crippen LogP contribution in [0.2, 0.25) is 0 Å². The fraction of sp³-hybridized carbons (Fsp3) is 0.278. The van der Waals surface area contributed by atoms with Gasteiger partial charge in [-0.1, -0.05) is 11.6 Å². The number of fused-ring (bicyclic) bond motifs is 1. The minimum absolute atomic E-state index is 0.168. The summed E-state index contributed by atoms with van der Waals surface area (Å²) in [6, 6.07) is 10.1. The summed E-state index contributed by atoms with van der Waals surface area (Å²) in [4.78, 5) is 11.7. The molecule has 1 atom stereocenters. The third kappa shape index (κ3) is 2.51. The largest absolute Gasteiger partial charge is 0.497 e. The lowest BCUT2D eigenvalue weighted by atomic mass is 9.79. The van der Waals surface area contributed by atoms with Crippen molar-refractivity contribution in [3.05, 3.63) is 58.9 Å². The van der Waals surface area contributed by atoms with E-state index < -0.39 is 0 Å². The first-order chi connectivity index (χ1) is 10.2. The van der Waals surface area contributed by atoms with Gasteiger partial charge in [-0.3, -0.25) is 0 Å². The van der Waals surface area contributed by atoms with E-state index in [-0.39, 0.29) is 5.92 Å². The van der Waals surface area contributed by atoms with Crippen LogP contribution in [0.1, 0.15) is 29.2 Å². The molecule has 0 spiro atoms. The molecule has 3 rings (SSSR count). The van der Waals surface area contributed by atoms with Gasteiger partial charge in [-0.15, -0.1) is 0 Å². The molecular weight excluding hydrogens is 262 g/mol. The van der Waals surface area contributed by atoms with Crippen LogP contribution in [0.3, 0.4) is 0 Å². The predicted octanol–water partition coefficient (Wildman–Crippen LogP) is 3.35. The van der Waals surface area contributed by atoms with Crippen LogP contribution >= 0.6 is 0 Å². The van der Waals surface area contributed by atoms with Gasteiger partial charge in [-0.2, -0.15) is 0 Å². The maximum Gasteiger partial charge on any atom is 0.131 e. The first-order valence-electron chi connectivity index (χ1n) is 7.17. The minimum Gasteiger partial charge on any atom is -0.497 e. The quantitative estimate of drug-likeness (QED) is 0.808. The average molecular weight is 281 g/mol. The molecule has 0 bridgehead atoms. The van der Waals surface area contributed by atoms with Crippen molar-refractivity contribution in [1.29, 1.82) is 0 Å². The van der Waals surface area contributed by atoms with E-state index in [1.54, 1.807) is 7.11 Å². The first-order valence-corrected chi connectivity index (χ1v) is 7.17. The van der Waals surface area contributed by atoms with E-state index in [1.807, 2.05) is 31.4 Å². The molecule has 0 fully saturated rings. The van der Waals surface area contributed by atoms with Crippen molar-refractivity contribution in [3.63, 3.8) is 0 Å². The lowest BCUT2D eigenvalue weighted by Gasteiger charge is -2.25. The lowest BCUT2D eigenvalue weighted by molar-refractivity contribution is -0.108. The lowest BCUT2D eigenvalue weighted by Crippen LogP contribution is -2.14. The fourth-order valence-electron chi connectivity index (χ4n) is 2.99. The van der Waals surface area contributed by atoms with Crippen LogP contribution in [0.5, 0.6) is 5.75 Å². The third-order valence-electron chi connectivity index (χ3n) is 4.22. The molecule has 0 saturated carbocycles. The minimum atomic E-state index is -0.168. The van der Waals surface area contributed by atoms with Gasteiger partial charge in [0, 0.05) is 18.9 Å². The van der Waals surface area contributed by atoms with Crippen LogP contribution in [0.4, 0.5) is 0 Å². The van der Waals surface area contributed by atoms with Crippen LogP contribution in [0.25, 0.3) is 6.08 Å². The second-order valence-corrected chi connectivity index (χ2v) is 5.44. The maximum atomic E-state index is 11.7. The predicted molar refractivity (Wildman–Crippen MR) is 83.5 cm³/mol. The Morgan fingerprint density at radius 1 is 1.29 bits per heavy atom. The topological polar surface area (TPSA) is 31.2 Å². The monoisotopic (exact) mass is 281 g/mol. The summed E-state index contributed by atoms with van der Waals surface area (Å²) in [6.45, 7) is 0. The Morgan fingerprint density at radius 3 is 2.81 bits per heavy atom. The molecule has 1 aliphatic rings. The molecule has 108 valence electrons. The molecule has 0 amide bonds. The molecule has 1 aromatic heterocycles. The number of aldehydes is 1. The second-order valence-electron chi connectivity index (χ2n) is 5.44. The van der Waals surface area contributed by atoms with Crippen LogP contribution in [0.15, 0.2) is 42.1 Å². The molecule has 2 aromatic rings. The van der Waals surface area contributed by atoms with Crippen LogP contribution in [-0.4, -0.2) is 18.0 Å². The molecule has 1 heterocycles. The molecule has 0 saturated heterocycles. The molecule has 1 aliphatic carbocycles. The smallest absolute Gasteiger partial charge is 0.131 e. The number of hydrogen-bond donors (Lipinski definition) is 0. The van der Waals surface area contributed by atoms with Crippen LogP contribution in [-0.2, 0) is 18.3 Å². The number of nitrogens with zero attached hydrogens (tertiary/aromatic N) is 1. The molecule has 3 nitrogen and oxygen atoms in total. The summed E-state index contributed by atoms with van der Waals surface area (Å²) in [7, 11) is 3.67. The van der Waals surface area contributed by atoms with E-state index in [4.69, 9.17) is 4.74 Å². The van der Waals surface area contributed by atoms with Crippen LogP contribution in [0, 0.1) is 0 Å². The number of methoxy groups -OCH3 is 1. The Hall–Kier alpha value is -2.29. The zero-order chi connectivity index (χ0) is 14.8. The number of carbonyl (C=O) groups excluding carboxylic acids is 1. The number of hydrogen-bond acceptors (Lipinski definition) is 2. The molecule has 0 aliphatic heterocycles. The van der Waals surface area contributed by atoms with Crippen molar-refractivity contribution >= 4 is 12.4 Å². The standard InChI is InChI=1S/C18H19NO2/c1-19-9-3-4-15(19)10-14-6-5-13-7-8-16(21-2)11-17(13)18(14)12-20/h3-4,7-12,18H,5-6H2,1-2H3. The molecular formula is C18H19NO2. The van der Waals surface area contributed by atoms with Gasteiger partial charge in [0.25, 0.3) is 0 Å². The van der Waals surface area contributed by atoms with E-state index in [2.05, 4.69) is 22.8 Å².